The van der Waals surface area contributed by atoms with E-state index in [9.17, 15) is 21.6 Å². The van der Waals surface area contributed by atoms with Crippen molar-refractivity contribution in [1.82, 2.24) is 0 Å². The first kappa shape index (κ1) is 19.7. The lowest BCUT2D eigenvalue weighted by atomic mass is 9.92. The number of sulfonamides is 1. The lowest BCUT2D eigenvalue weighted by Gasteiger charge is -2.24. The summed E-state index contributed by atoms with van der Waals surface area (Å²) in [5, 5.41) is 4.95. The number of nitrogens with two attached hydrogens (primary N) is 1. The maximum atomic E-state index is 13.4. The molecule has 1 fully saturated rings. The van der Waals surface area contributed by atoms with Gasteiger partial charge >= 0.3 is 6.18 Å². The highest BCUT2D eigenvalue weighted by molar-refractivity contribution is 7.89. The van der Waals surface area contributed by atoms with Crippen molar-refractivity contribution < 1.29 is 21.6 Å². The summed E-state index contributed by atoms with van der Waals surface area (Å²) >= 11 is 0. The first-order chi connectivity index (χ1) is 12.7. The van der Waals surface area contributed by atoms with Gasteiger partial charge in [-0.15, -0.1) is 0 Å². The van der Waals surface area contributed by atoms with E-state index in [-0.39, 0.29) is 0 Å². The molecule has 0 aliphatic carbocycles. The third-order valence-electron chi connectivity index (χ3n) is 4.94. The summed E-state index contributed by atoms with van der Waals surface area (Å²) in [6, 6.07) is 13.3. The molecule has 27 heavy (non-hydrogen) atoms. The van der Waals surface area contributed by atoms with Crippen LogP contribution < -0.4 is 10.0 Å². The van der Waals surface area contributed by atoms with Crippen molar-refractivity contribution in [3.05, 3.63) is 59.7 Å². The van der Waals surface area contributed by atoms with Crippen molar-refractivity contribution in [1.29, 1.82) is 0 Å². The minimum Gasteiger partial charge on any atom is -0.372 e. The van der Waals surface area contributed by atoms with Crippen LogP contribution in [0, 0.1) is 0 Å². The Bertz CT molecular complexity index is 899. The van der Waals surface area contributed by atoms with Crippen molar-refractivity contribution >= 4 is 15.7 Å². The van der Waals surface area contributed by atoms with Gasteiger partial charge in [0, 0.05) is 18.8 Å². The molecule has 3 rings (SSSR count). The first-order valence-electron chi connectivity index (χ1n) is 8.70. The molecule has 0 saturated carbocycles. The molecule has 4 nitrogen and oxygen atoms in total. The number of benzene rings is 2. The fourth-order valence-electron chi connectivity index (χ4n) is 3.60. The SMILES string of the molecule is NS(=O)(=O)c1ccc(N2CCCC(c3ccccc3)CC2)cc1C(F)(F)F. The summed E-state index contributed by atoms with van der Waals surface area (Å²) in [5.41, 5.74) is 0.384. The minimum atomic E-state index is -4.80. The summed E-state index contributed by atoms with van der Waals surface area (Å²) in [6.45, 7) is 1.22. The van der Waals surface area contributed by atoms with Gasteiger partial charge in [0.25, 0.3) is 0 Å². The highest BCUT2D eigenvalue weighted by Crippen LogP contribution is 2.37. The molecule has 0 bridgehead atoms. The molecule has 1 unspecified atom stereocenters. The van der Waals surface area contributed by atoms with E-state index in [1.54, 1.807) is 0 Å². The number of hydrogen-bond acceptors (Lipinski definition) is 3. The van der Waals surface area contributed by atoms with Crippen LogP contribution in [-0.2, 0) is 16.2 Å². The lowest BCUT2D eigenvalue weighted by molar-refractivity contribution is -0.139. The van der Waals surface area contributed by atoms with E-state index in [2.05, 4.69) is 12.1 Å². The van der Waals surface area contributed by atoms with E-state index in [1.165, 1.54) is 11.6 Å². The van der Waals surface area contributed by atoms with Gasteiger partial charge in [-0.25, -0.2) is 13.6 Å². The maximum absolute atomic E-state index is 13.4. The fourth-order valence-corrected chi connectivity index (χ4v) is 4.34. The van der Waals surface area contributed by atoms with Crippen LogP contribution in [0.4, 0.5) is 18.9 Å². The van der Waals surface area contributed by atoms with Gasteiger partial charge in [-0.05, 0) is 48.9 Å². The van der Waals surface area contributed by atoms with Crippen LogP contribution in [0.3, 0.4) is 0 Å². The van der Waals surface area contributed by atoms with Crippen LogP contribution in [0.2, 0.25) is 0 Å². The van der Waals surface area contributed by atoms with Crippen LogP contribution in [-0.4, -0.2) is 21.5 Å². The van der Waals surface area contributed by atoms with E-state index < -0.39 is 26.7 Å². The molecular weight excluding hydrogens is 377 g/mol. The Morgan fingerprint density at radius 3 is 2.33 bits per heavy atom. The van der Waals surface area contributed by atoms with Crippen molar-refractivity contribution in [2.75, 3.05) is 18.0 Å². The lowest BCUT2D eigenvalue weighted by Crippen LogP contribution is -2.25. The smallest absolute Gasteiger partial charge is 0.372 e. The largest absolute Gasteiger partial charge is 0.417 e. The number of hydrogen-bond donors (Lipinski definition) is 1. The second kappa shape index (κ2) is 7.52. The number of alkyl halides is 3. The Morgan fingerprint density at radius 2 is 1.70 bits per heavy atom. The molecule has 146 valence electrons. The molecule has 0 amide bonds. The number of anilines is 1. The summed E-state index contributed by atoms with van der Waals surface area (Å²) in [4.78, 5) is 0.987. The second-order valence-electron chi connectivity index (χ2n) is 6.75. The molecule has 1 heterocycles. The molecule has 1 atom stereocenters. The Morgan fingerprint density at radius 1 is 1.00 bits per heavy atom. The molecule has 0 spiro atoms. The van der Waals surface area contributed by atoms with Crippen LogP contribution in [0.1, 0.15) is 36.3 Å². The van der Waals surface area contributed by atoms with Crippen LogP contribution in [0.5, 0.6) is 0 Å². The molecule has 1 aliphatic rings. The first-order valence-corrected chi connectivity index (χ1v) is 10.2. The molecule has 2 N–H and O–H groups in total. The summed E-state index contributed by atoms with van der Waals surface area (Å²) < 4.78 is 63.1. The Kier molecular flexibility index (Phi) is 5.48. The molecule has 1 aliphatic heterocycles. The van der Waals surface area contributed by atoms with Gasteiger partial charge in [-0.2, -0.15) is 13.2 Å². The summed E-state index contributed by atoms with van der Waals surface area (Å²) in [5.74, 6) is 0.363. The van der Waals surface area contributed by atoms with Crippen molar-refractivity contribution in [3.8, 4) is 0 Å². The molecule has 2 aromatic rings. The van der Waals surface area contributed by atoms with Crippen LogP contribution in [0.15, 0.2) is 53.4 Å². The number of rotatable bonds is 3. The van der Waals surface area contributed by atoms with Crippen molar-refractivity contribution in [3.63, 3.8) is 0 Å². The normalized spacial score (nSPS) is 19.0. The van der Waals surface area contributed by atoms with Crippen molar-refractivity contribution in [2.45, 2.75) is 36.3 Å². The summed E-state index contributed by atoms with van der Waals surface area (Å²) in [6.07, 6.45) is -2.17. The standard InChI is InChI=1S/C19H21F3N2O2S/c20-19(21,22)17-13-16(8-9-18(17)27(23,25)26)24-11-4-7-15(10-12-24)14-5-2-1-3-6-14/h1-3,5-6,8-9,13,15H,4,7,10-12H2,(H2,23,25,26). The topological polar surface area (TPSA) is 63.4 Å². The fraction of sp³-hybridized carbons (Fsp3) is 0.368. The Labute approximate surface area is 156 Å². The zero-order valence-electron chi connectivity index (χ0n) is 14.6. The average Bonchev–Trinajstić information content (AvgIpc) is 2.87. The van der Waals surface area contributed by atoms with Crippen LogP contribution in [0.25, 0.3) is 0 Å². The third kappa shape index (κ3) is 4.62. The Balaban J connectivity index is 1.86. The zero-order chi connectivity index (χ0) is 19.7. The van der Waals surface area contributed by atoms with Gasteiger partial charge in [-0.3, -0.25) is 0 Å². The number of halogens is 3. The van der Waals surface area contributed by atoms with Gasteiger partial charge in [-0.1, -0.05) is 30.3 Å². The second-order valence-corrected chi connectivity index (χ2v) is 8.28. The van der Waals surface area contributed by atoms with Crippen molar-refractivity contribution in [2.24, 2.45) is 5.14 Å². The van der Waals surface area contributed by atoms with E-state index in [4.69, 9.17) is 5.14 Å². The van der Waals surface area contributed by atoms with E-state index >= 15 is 0 Å². The van der Waals surface area contributed by atoms with Gasteiger partial charge in [0.1, 0.15) is 0 Å². The highest BCUT2D eigenvalue weighted by Gasteiger charge is 2.37. The van der Waals surface area contributed by atoms with E-state index in [1.807, 2.05) is 23.1 Å². The van der Waals surface area contributed by atoms with Gasteiger partial charge < -0.3 is 4.90 Å². The molecule has 1 saturated heterocycles. The average molecular weight is 398 g/mol. The van der Waals surface area contributed by atoms with E-state index in [0.717, 1.165) is 31.4 Å². The van der Waals surface area contributed by atoms with Gasteiger partial charge in [0.2, 0.25) is 10.0 Å². The maximum Gasteiger partial charge on any atom is 0.417 e. The minimum absolute atomic E-state index is 0.363. The summed E-state index contributed by atoms with van der Waals surface area (Å²) in [7, 11) is -4.45. The van der Waals surface area contributed by atoms with Gasteiger partial charge in [0.15, 0.2) is 0 Å². The molecular formula is C19H21F3N2O2S. The predicted octanol–water partition coefficient (Wildman–Crippen LogP) is 4.13. The predicted molar refractivity (Wildman–Crippen MR) is 98.1 cm³/mol. The number of nitrogens with zero attached hydrogens (tertiary/aromatic N) is 1. The molecule has 8 heteroatoms. The Hall–Kier alpha value is -2.06. The van der Waals surface area contributed by atoms with Gasteiger partial charge in [0.05, 0.1) is 10.5 Å². The van der Waals surface area contributed by atoms with E-state index in [0.29, 0.717) is 24.7 Å². The highest BCUT2D eigenvalue weighted by atomic mass is 32.2. The number of primary sulfonamides is 1. The monoisotopic (exact) mass is 398 g/mol. The molecule has 2 aromatic carbocycles. The quantitative estimate of drug-likeness (QED) is 0.846. The third-order valence-corrected chi connectivity index (χ3v) is 5.91. The molecule has 0 aromatic heterocycles. The molecule has 0 radical (unpaired) electrons. The zero-order valence-corrected chi connectivity index (χ0v) is 15.4. The van der Waals surface area contributed by atoms with Crippen LogP contribution >= 0.6 is 0 Å².